The minimum atomic E-state index is -0.954. The third-order valence-corrected chi connectivity index (χ3v) is 3.82. The van der Waals surface area contributed by atoms with Crippen LogP contribution in [-0.2, 0) is 15.6 Å². The lowest BCUT2D eigenvalue weighted by atomic mass is 10.2. The summed E-state index contributed by atoms with van der Waals surface area (Å²) in [7, 11) is -0.876. The van der Waals surface area contributed by atoms with E-state index >= 15 is 0 Å². The smallest absolute Gasteiger partial charge is 0.326 e. The molecular formula is C11H20N2O4S. The topological polar surface area (TPSA) is 86.7 Å². The van der Waals surface area contributed by atoms with Crippen molar-refractivity contribution in [3.8, 4) is 0 Å². The minimum absolute atomic E-state index is 0.101. The molecule has 18 heavy (non-hydrogen) atoms. The van der Waals surface area contributed by atoms with Crippen LogP contribution in [0.1, 0.15) is 26.2 Å². The lowest BCUT2D eigenvalue weighted by molar-refractivity contribution is -0.141. The lowest BCUT2D eigenvalue weighted by Gasteiger charge is -2.24. The van der Waals surface area contributed by atoms with Gasteiger partial charge in [0.1, 0.15) is 6.04 Å². The number of likely N-dealkylation sites (tertiary alicyclic amines) is 1. The zero-order chi connectivity index (χ0) is 13.7. The van der Waals surface area contributed by atoms with E-state index in [-0.39, 0.29) is 12.1 Å². The minimum Gasteiger partial charge on any atom is -0.480 e. The first-order chi connectivity index (χ1) is 8.41. The van der Waals surface area contributed by atoms with Crippen LogP contribution in [0.25, 0.3) is 0 Å². The van der Waals surface area contributed by atoms with Crippen LogP contribution in [0.5, 0.6) is 0 Å². The molecule has 1 fully saturated rings. The van der Waals surface area contributed by atoms with Crippen molar-refractivity contribution in [2.75, 3.05) is 18.6 Å². The standard InChI is InChI=1S/C11H20N2O4S/c1-8(5-7-18(2)17)12-11(16)13-6-3-4-9(13)10(14)15/h8-9H,3-7H2,1-2H3,(H,12,16)(H,14,15)/t8?,9-,18?/m1/s1. The summed E-state index contributed by atoms with van der Waals surface area (Å²) in [4.78, 5) is 24.2. The molecule has 0 bridgehead atoms. The Balaban J connectivity index is 2.44. The second-order valence-electron chi connectivity index (χ2n) is 4.61. The second kappa shape index (κ2) is 6.72. The van der Waals surface area contributed by atoms with E-state index in [9.17, 15) is 13.8 Å². The van der Waals surface area contributed by atoms with E-state index in [1.54, 1.807) is 6.26 Å². The molecule has 0 aliphatic carbocycles. The Morgan fingerprint density at radius 1 is 1.56 bits per heavy atom. The number of carboxylic acid groups (broad SMARTS) is 1. The molecule has 1 rings (SSSR count). The van der Waals surface area contributed by atoms with Gasteiger partial charge >= 0.3 is 12.0 Å². The molecule has 6 nitrogen and oxygen atoms in total. The highest BCUT2D eigenvalue weighted by molar-refractivity contribution is 7.84. The Hall–Kier alpha value is -1.11. The first-order valence-electron chi connectivity index (χ1n) is 6.01. The summed E-state index contributed by atoms with van der Waals surface area (Å²) >= 11 is 0. The highest BCUT2D eigenvalue weighted by Crippen LogP contribution is 2.17. The van der Waals surface area contributed by atoms with Gasteiger partial charge in [-0.05, 0) is 26.2 Å². The van der Waals surface area contributed by atoms with E-state index in [1.165, 1.54) is 4.90 Å². The fourth-order valence-electron chi connectivity index (χ4n) is 1.98. The predicted octanol–water partition coefficient (Wildman–Crippen LogP) is 0.402. The maximum absolute atomic E-state index is 11.9. The van der Waals surface area contributed by atoms with Crippen molar-refractivity contribution < 1.29 is 18.9 Å². The summed E-state index contributed by atoms with van der Waals surface area (Å²) in [6.45, 7) is 2.31. The molecule has 0 saturated carbocycles. The monoisotopic (exact) mass is 276 g/mol. The van der Waals surface area contributed by atoms with Gasteiger partial charge in [0.05, 0.1) is 0 Å². The van der Waals surface area contributed by atoms with E-state index in [1.807, 2.05) is 6.92 Å². The van der Waals surface area contributed by atoms with Crippen LogP contribution in [0.3, 0.4) is 0 Å². The van der Waals surface area contributed by atoms with Crippen LogP contribution < -0.4 is 5.32 Å². The first kappa shape index (κ1) is 14.9. The number of carboxylic acids is 1. The van der Waals surface area contributed by atoms with Crippen molar-refractivity contribution in [2.24, 2.45) is 0 Å². The average Bonchev–Trinajstić information content (AvgIpc) is 2.75. The summed E-state index contributed by atoms with van der Waals surface area (Å²) in [6.07, 6.45) is 3.48. The Bertz CT molecular complexity index is 348. The van der Waals surface area contributed by atoms with Crippen molar-refractivity contribution in [3.05, 3.63) is 0 Å². The summed E-state index contributed by atoms with van der Waals surface area (Å²) in [5.74, 6) is -0.422. The zero-order valence-electron chi connectivity index (χ0n) is 10.7. The molecule has 1 aliphatic rings. The molecule has 7 heteroatoms. The van der Waals surface area contributed by atoms with Gasteiger partial charge in [-0.3, -0.25) is 4.21 Å². The van der Waals surface area contributed by atoms with E-state index in [0.29, 0.717) is 25.1 Å². The molecule has 3 atom stereocenters. The molecular weight excluding hydrogens is 256 g/mol. The molecule has 1 heterocycles. The van der Waals surface area contributed by atoms with Crippen LogP contribution in [0.15, 0.2) is 0 Å². The van der Waals surface area contributed by atoms with E-state index in [4.69, 9.17) is 5.11 Å². The largest absolute Gasteiger partial charge is 0.480 e. The number of nitrogens with one attached hydrogen (secondary N) is 1. The Kier molecular flexibility index (Phi) is 5.58. The Labute approximate surface area is 109 Å². The van der Waals surface area contributed by atoms with Gasteiger partial charge < -0.3 is 15.3 Å². The van der Waals surface area contributed by atoms with Crippen LogP contribution in [0.4, 0.5) is 4.79 Å². The Morgan fingerprint density at radius 3 is 2.78 bits per heavy atom. The van der Waals surface area contributed by atoms with E-state index < -0.39 is 22.8 Å². The molecule has 0 radical (unpaired) electrons. The number of hydrogen-bond acceptors (Lipinski definition) is 3. The molecule has 0 spiro atoms. The Morgan fingerprint density at radius 2 is 2.22 bits per heavy atom. The van der Waals surface area contributed by atoms with Crippen LogP contribution >= 0.6 is 0 Å². The van der Waals surface area contributed by atoms with Gasteiger partial charge in [0.15, 0.2) is 0 Å². The van der Waals surface area contributed by atoms with Gasteiger partial charge in [-0.2, -0.15) is 0 Å². The van der Waals surface area contributed by atoms with Gasteiger partial charge in [-0.15, -0.1) is 0 Å². The summed E-state index contributed by atoms with van der Waals surface area (Å²) < 4.78 is 10.9. The number of hydrogen-bond donors (Lipinski definition) is 2. The number of carbonyl (C=O) groups is 2. The molecule has 2 N–H and O–H groups in total. The van der Waals surface area contributed by atoms with Gasteiger partial charge in [-0.1, -0.05) is 0 Å². The van der Waals surface area contributed by atoms with Crippen LogP contribution in [-0.4, -0.2) is 56.9 Å². The van der Waals surface area contributed by atoms with E-state index in [2.05, 4.69) is 5.32 Å². The quantitative estimate of drug-likeness (QED) is 0.761. The van der Waals surface area contributed by atoms with E-state index in [0.717, 1.165) is 6.42 Å². The normalized spacial score (nSPS) is 22.6. The highest BCUT2D eigenvalue weighted by atomic mass is 32.2. The number of rotatable bonds is 5. The maximum Gasteiger partial charge on any atom is 0.326 e. The average molecular weight is 276 g/mol. The summed E-state index contributed by atoms with van der Waals surface area (Å²) in [6, 6.07) is -1.15. The first-order valence-corrected chi connectivity index (χ1v) is 7.74. The molecule has 1 saturated heterocycles. The molecule has 2 amide bonds. The van der Waals surface area contributed by atoms with Gasteiger partial charge in [0.25, 0.3) is 0 Å². The van der Waals surface area contributed by atoms with Gasteiger partial charge in [0.2, 0.25) is 0 Å². The number of amides is 2. The molecule has 1 aliphatic heterocycles. The third-order valence-electron chi connectivity index (χ3n) is 3.01. The fraction of sp³-hybridized carbons (Fsp3) is 0.818. The maximum atomic E-state index is 11.9. The molecule has 0 aromatic carbocycles. The third kappa shape index (κ3) is 4.29. The number of carbonyl (C=O) groups excluding carboxylic acids is 1. The van der Waals surface area contributed by atoms with Crippen molar-refractivity contribution in [1.82, 2.24) is 10.2 Å². The molecule has 104 valence electrons. The molecule has 0 aromatic rings. The van der Waals surface area contributed by atoms with Crippen molar-refractivity contribution >= 4 is 22.8 Å². The highest BCUT2D eigenvalue weighted by Gasteiger charge is 2.34. The van der Waals surface area contributed by atoms with Crippen molar-refractivity contribution in [2.45, 2.75) is 38.3 Å². The number of aliphatic carboxylic acids is 1. The van der Waals surface area contributed by atoms with Gasteiger partial charge in [-0.25, -0.2) is 9.59 Å². The van der Waals surface area contributed by atoms with Crippen molar-refractivity contribution in [3.63, 3.8) is 0 Å². The fourth-order valence-corrected chi connectivity index (χ4v) is 2.66. The molecule has 2 unspecified atom stereocenters. The summed E-state index contributed by atoms with van der Waals surface area (Å²) in [5, 5.41) is 11.7. The van der Waals surface area contributed by atoms with Crippen molar-refractivity contribution in [1.29, 1.82) is 0 Å². The molecule has 0 aromatic heterocycles. The predicted molar refractivity (Wildman–Crippen MR) is 68.9 cm³/mol. The number of nitrogens with zero attached hydrogens (tertiary/aromatic N) is 1. The van der Waals surface area contributed by atoms with Gasteiger partial charge in [0, 0.05) is 35.4 Å². The zero-order valence-corrected chi connectivity index (χ0v) is 11.5. The van der Waals surface area contributed by atoms with Crippen LogP contribution in [0.2, 0.25) is 0 Å². The summed E-state index contributed by atoms with van der Waals surface area (Å²) in [5.41, 5.74) is 0. The SMILES string of the molecule is CC(CCS(C)=O)NC(=O)N1CCC[C@@H]1C(=O)O. The van der Waals surface area contributed by atoms with Crippen LogP contribution in [0, 0.1) is 0 Å². The number of urea groups is 1. The lowest BCUT2D eigenvalue weighted by Crippen LogP contribution is -2.48. The second-order valence-corrected chi connectivity index (χ2v) is 6.16.